The lowest BCUT2D eigenvalue weighted by Crippen LogP contribution is -2.60. The van der Waals surface area contributed by atoms with Crippen molar-refractivity contribution in [2.45, 2.75) is 95.1 Å². The fourth-order valence-corrected chi connectivity index (χ4v) is 11.4. The van der Waals surface area contributed by atoms with E-state index < -0.39 is 44.5 Å². The summed E-state index contributed by atoms with van der Waals surface area (Å²) in [5.41, 5.74) is 2.93. The summed E-state index contributed by atoms with van der Waals surface area (Å²) in [6.45, 7) is 7.28. The van der Waals surface area contributed by atoms with E-state index in [2.05, 4.69) is 14.5 Å². The Labute approximate surface area is 317 Å². The second-order valence-electron chi connectivity index (χ2n) is 16.3. The highest BCUT2D eigenvalue weighted by Gasteiger charge is 2.53. The maximum atomic E-state index is 17.5. The van der Waals surface area contributed by atoms with Crippen LogP contribution >= 0.6 is 11.6 Å². The summed E-state index contributed by atoms with van der Waals surface area (Å²) < 4.78 is 59.3. The number of anilines is 1. The fourth-order valence-electron chi connectivity index (χ4n) is 9.85. The van der Waals surface area contributed by atoms with Crippen LogP contribution in [-0.2, 0) is 38.1 Å². The highest BCUT2D eigenvalue weighted by Crippen LogP contribution is 2.49. The van der Waals surface area contributed by atoms with Crippen LogP contribution in [0.1, 0.15) is 92.3 Å². The van der Waals surface area contributed by atoms with Gasteiger partial charge in [-0.15, -0.1) is 0 Å². The molecule has 5 atom stereocenters. The minimum atomic E-state index is -4.13. The van der Waals surface area contributed by atoms with Crippen LogP contribution in [0.2, 0.25) is 5.02 Å². The number of aryl methyl sites for hydroxylation is 1. The molecule has 2 spiro atoms. The topological polar surface area (TPSA) is 108 Å². The number of sulfonamides is 1. The first kappa shape index (κ1) is 36.8. The van der Waals surface area contributed by atoms with Crippen molar-refractivity contribution in [1.82, 2.24) is 14.5 Å². The largest absolute Gasteiger partial charge is 0.487 e. The van der Waals surface area contributed by atoms with E-state index in [9.17, 15) is 13.2 Å². The van der Waals surface area contributed by atoms with Gasteiger partial charge in [-0.2, -0.15) is 0 Å². The van der Waals surface area contributed by atoms with E-state index in [-0.39, 0.29) is 29.9 Å². The Morgan fingerprint density at radius 3 is 2.66 bits per heavy atom. The molecule has 2 amide bonds. The van der Waals surface area contributed by atoms with Crippen LogP contribution in [0.3, 0.4) is 0 Å². The van der Waals surface area contributed by atoms with Crippen LogP contribution in [0.25, 0.3) is 0 Å². The molecule has 0 saturated carbocycles. The maximum absolute atomic E-state index is 17.5. The second-order valence-corrected chi connectivity index (χ2v) is 18.8. The van der Waals surface area contributed by atoms with Crippen molar-refractivity contribution in [3.05, 3.63) is 69.5 Å². The van der Waals surface area contributed by atoms with Gasteiger partial charge in [0.15, 0.2) is 0 Å². The number of amides is 2. The van der Waals surface area contributed by atoms with Gasteiger partial charge >= 0.3 is 0 Å². The van der Waals surface area contributed by atoms with Crippen molar-refractivity contribution in [3.8, 4) is 5.75 Å². The molecule has 6 heterocycles. The zero-order chi connectivity index (χ0) is 37.1. The molecule has 1 unspecified atom stereocenters. The van der Waals surface area contributed by atoms with Gasteiger partial charge in [-0.25, -0.2) is 17.5 Å². The van der Waals surface area contributed by atoms with E-state index in [0.29, 0.717) is 68.8 Å². The van der Waals surface area contributed by atoms with Gasteiger partial charge in [0.1, 0.15) is 24.2 Å². The summed E-state index contributed by atoms with van der Waals surface area (Å²) in [5.74, 6) is -1.56. The first-order chi connectivity index (χ1) is 25.4. The van der Waals surface area contributed by atoms with Gasteiger partial charge in [0.25, 0.3) is 5.91 Å². The molecule has 8 rings (SSSR count). The van der Waals surface area contributed by atoms with E-state index in [4.69, 9.17) is 21.1 Å². The van der Waals surface area contributed by atoms with Crippen LogP contribution in [0.5, 0.6) is 5.75 Å². The number of ether oxygens (including phenoxy) is 2. The Balaban J connectivity index is 1.35. The van der Waals surface area contributed by atoms with Crippen LogP contribution in [-0.4, -0.2) is 87.3 Å². The molecule has 0 aromatic heterocycles. The number of nitrogens with one attached hydrogen (secondary N) is 1. The van der Waals surface area contributed by atoms with Crippen LogP contribution < -0.4 is 14.4 Å². The average Bonchev–Trinajstić information content (AvgIpc) is 3.77. The van der Waals surface area contributed by atoms with Crippen LogP contribution in [0.4, 0.5) is 10.1 Å². The minimum absolute atomic E-state index is 0.0653. The predicted octanol–water partition coefficient (Wildman–Crippen LogP) is 6.11. The molecule has 1 N–H and O–H groups in total. The molecule has 3 saturated heterocycles. The number of rotatable bonds is 1. The lowest BCUT2D eigenvalue weighted by atomic mass is 9.78. The SMILES string of the molecule is C[C@@H]1[C@@H](C)C/C=C(\F)[C@H](C(=O)N2CCCC3(CCOC3)C2)N2CCC[C@@]23CN2CCCCc4cc(Cl)cc3c4COc3ccc(cc32)C(=O)NS1(=O)=O. The lowest BCUT2D eigenvalue weighted by molar-refractivity contribution is -0.141. The van der Waals surface area contributed by atoms with Crippen molar-refractivity contribution in [2.24, 2.45) is 11.3 Å². The molecular weight excluding hydrogens is 719 g/mol. The number of likely N-dealkylation sites (tertiary alicyclic amines) is 1. The highest BCUT2D eigenvalue weighted by molar-refractivity contribution is 7.90. The van der Waals surface area contributed by atoms with Crippen LogP contribution in [0, 0.1) is 11.3 Å². The quantitative estimate of drug-likeness (QED) is 0.371. The summed E-state index contributed by atoms with van der Waals surface area (Å²) >= 11 is 6.96. The molecule has 13 heteroatoms. The van der Waals surface area contributed by atoms with Crippen molar-refractivity contribution in [3.63, 3.8) is 0 Å². The first-order valence-corrected chi connectivity index (χ1v) is 21.2. The number of nitrogens with zero attached hydrogens (tertiary/aromatic N) is 3. The Morgan fingerprint density at radius 1 is 1.02 bits per heavy atom. The van der Waals surface area contributed by atoms with Gasteiger partial charge in [-0.1, -0.05) is 24.6 Å². The average molecular weight is 769 g/mol. The molecule has 6 aliphatic heterocycles. The van der Waals surface area contributed by atoms with Gasteiger partial charge in [-0.05, 0) is 118 Å². The summed E-state index contributed by atoms with van der Waals surface area (Å²) in [7, 11) is -4.13. The Kier molecular flexibility index (Phi) is 9.81. The third kappa shape index (κ3) is 6.65. The van der Waals surface area contributed by atoms with Gasteiger partial charge in [0.2, 0.25) is 15.9 Å². The number of fused-ring (bicyclic) bond motifs is 1. The Hall–Kier alpha value is -3.19. The van der Waals surface area contributed by atoms with E-state index >= 15 is 9.18 Å². The molecule has 7 bridgehead atoms. The van der Waals surface area contributed by atoms with Crippen molar-refractivity contribution < 1.29 is 31.9 Å². The predicted molar refractivity (Wildman–Crippen MR) is 201 cm³/mol. The fraction of sp³-hybridized carbons (Fsp3) is 0.600. The van der Waals surface area contributed by atoms with E-state index in [1.54, 1.807) is 25.1 Å². The molecule has 2 aromatic rings. The third-order valence-corrected chi connectivity index (χ3v) is 15.2. The standard InChI is InChI=1S/C40H50ClFN4O6S/c1-26-8-10-33(42)36(38(48)45-16-5-12-39(23-45)14-18-51-25-39)46-17-6-13-40(46)24-44-15-4-3-7-28-19-30(41)21-32(40)31(28)22-52-35-11-9-29(20-34(35)44)37(47)43-53(49,50)27(26)2/h9-11,19-21,26-27,36H,3-8,12-18,22-25H2,1-2H3,(H,43,47)/b33-10-/t26-,27+,36+,39?,40-/m0/s1. The summed E-state index contributed by atoms with van der Waals surface area (Å²) in [5, 5.41) is -0.421. The maximum Gasteiger partial charge on any atom is 0.264 e. The third-order valence-electron chi connectivity index (χ3n) is 13.0. The Bertz CT molecular complexity index is 1940. The molecule has 2 aromatic carbocycles. The Morgan fingerprint density at radius 2 is 1.85 bits per heavy atom. The summed E-state index contributed by atoms with van der Waals surface area (Å²) in [6.07, 6.45) is 8.03. The molecule has 10 nitrogen and oxygen atoms in total. The highest BCUT2D eigenvalue weighted by atomic mass is 35.5. The summed E-state index contributed by atoms with van der Waals surface area (Å²) in [6, 6.07) is 7.85. The van der Waals surface area contributed by atoms with Crippen molar-refractivity contribution >= 4 is 39.1 Å². The number of halogens is 2. The monoisotopic (exact) mass is 768 g/mol. The molecular formula is C40H50ClFN4O6S. The zero-order valence-corrected chi connectivity index (χ0v) is 32.2. The molecule has 0 aliphatic carbocycles. The van der Waals surface area contributed by atoms with Gasteiger partial charge in [0.05, 0.1) is 23.1 Å². The molecule has 6 aliphatic rings. The number of hydrogen-bond donors (Lipinski definition) is 1. The second kappa shape index (κ2) is 14.1. The smallest absolute Gasteiger partial charge is 0.264 e. The summed E-state index contributed by atoms with van der Waals surface area (Å²) in [4.78, 5) is 34.9. The lowest BCUT2D eigenvalue weighted by Gasteiger charge is -2.48. The van der Waals surface area contributed by atoms with Gasteiger partial charge in [0, 0.05) is 55.3 Å². The number of hydrogen-bond acceptors (Lipinski definition) is 8. The number of carbonyl (C=O) groups is 2. The first-order valence-electron chi connectivity index (χ1n) is 19.3. The number of carbonyl (C=O) groups excluding carboxylic acids is 2. The van der Waals surface area contributed by atoms with E-state index in [0.717, 1.165) is 61.6 Å². The molecule has 3 fully saturated rings. The zero-order valence-electron chi connectivity index (χ0n) is 30.7. The number of allylic oxidation sites excluding steroid dienone is 1. The van der Waals surface area contributed by atoms with E-state index in [1.807, 2.05) is 17.0 Å². The van der Waals surface area contributed by atoms with Crippen LogP contribution in [0.15, 0.2) is 42.2 Å². The molecule has 286 valence electrons. The normalized spacial score (nSPS) is 32.8. The van der Waals surface area contributed by atoms with Crippen molar-refractivity contribution in [2.75, 3.05) is 50.8 Å². The van der Waals surface area contributed by atoms with Gasteiger partial charge < -0.3 is 19.3 Å². The van der Waals surface area contributed by atoms with Crippen molar-refractivity contribution in [1.29, 1.82) is 0 Å². The number of piperidine rings is 1. The molecule has 0 radical (unpaired) electrons. The van der Waals surface area contributed by atoms with Gasteiger partial charge in [-0.3, -0.25) is 14.5 Å². The minimum Gasteiger partial charge on any atom is -0.487 e. The van der Waals surface area contributed by atoms with E-state index in [1.165, 1.54) is 13.0 Å². The number of benzene rings is 2. The molecule has 53 heavy (non-hydrogen) atoms.